The molecule has 1 N–H and O–H groups in total. The standard InChI is InChI=1S/C6H12NO/c1-2-4-7-5-3-6-8/h2,7H,1,3-6H2. The van der Waals surface area contributed by atoms with Gasteiger partial charge < -0.3 is 5.32 Å². The molecule has 1 radical (unpaired) electrons. The molecule has 0 atom stereocenters. The highest BCUT2D eigenvalue weighted by atomic mass is 16.3. The van der Waals surface area contributed by atoms with Gasteiger partial charge in [-0.3, -0.25) is 0 Å². The Labute approximate surface area is 50.2 Å². The predicted molar refractivity (Wildman–Crippen MR) is 33.2 cm³/mol. The van der Waals surface area contributed by atoms with Gasteiger partial charge in [0.25, 0.3) is 0 Å². The van der Waals surface area contributed by atoms with E-state index in [9.17, 15) is 5.11 Å². The van der Waals surface area contributed by atoms with Crippen LogP contribution in [0, 0.1) is 0 Å². The van der Waals surface area contributed by atoms with Crippen molar-refractivity contribution in [3.8, 4) is 0 Å². The molecule has 0 unspecified atom stereocenters. The van der Waals surface area contributed by atoms with E-state index in [1.54, 1.807) is 6.08 Å². The molecule has 2 heteroatoms. The summed E-state index contributed by atoms with van der Waals surface area (Å²) >= 11 is 0. The molecule has 0 aliphatic heterocycles. The summed E-state index contributed by atoms with van der Waals surface area (Å²) in [7, 11) is 0. The van der Waals surface area contributed by atoms with Crippen molar-refractivity contribution in [2.24, 2.45) is 0 Å². The highest BCUT2D eigenvalue weighted by Gasteiger charge is 1.80. The smallest absolute Gasteiger partial charge is 0.0834 e. The van der Waals surface area contributed by atoms with E-state index < -0.39 is 0 Å². The van der Waals surface area contributed by atoms with Gasteiger partial charge in [0.2, 0.25) is 0 Å². The van der Waals surface area contributed by atoms with Crippen molar-refractivity contribution in [1.29, 1.82) is 0 Å². The topological polar surface area (TPSA) is 31.9 Å². The first-order chi connectivity index (χ1) is 3.91. The summed E-state index contributed by atoms with van der Waals surface area (Å²) in [4.78, 5) is 0. The van der Waals surface area contributed by atoms with Crippen molar-refractivity contribution in [1.82, 2.24) is 5.32 Å². The maximum atomic E-state index is 9.83. The molecule has 8 heavy (non-hydrogen) atoms. The van der Waals surface area contributed by atoms with Crippen LogP contribution in [-0.4, -0.2) is 19.7 Å². The predicted octanol–water partition coefficient (Wildman–Crippen LogP) is 0.583. The molecule has 0 spiro atoms. The zero-order valence-corrected chi connectivity index (χ0v) is 5.02. The first-order valence-electron chi connectivity index (χ1n) is 2.81. The fraction of sp³-hybridized carbons (Fsp3) is 0.667. The van der Waals surface area contributed by atoms with E-state index in [-0.39, 0.29) is 6.61 Å². The van der Waals surface area contributed by atoms with Gasteiger partial charge in [0.05, 0.1) is 6.61 Å². The van der Waals surface area contributed by atoms with E-state index in [2.05, 4.69) is 11.9 Å². The van der Waals surface area contributed by atoms with E-state index in [1.807, 2.05) is 0 Å². The lowest BCUT2D eigenvalue weighted by molar-refractivity contribution is 0.189. The average Bonchev–Trinajstić information content (AvgIpc) is 1.81. The Bertz CT molecular complexity index is 54.5. The molecule has 2 nitrogen and oxygen atoms in total. The van der Waals surface area contributed by atoms with E-state index in [1.165, 1.54) is 0 Å². The fourth-order valence-corrected chi connectivity index (χ4v) is 0.401. The minimum absolute atomic E-state index is 0.0180. The summed E-state index contributed by atoms with van der Waals surface area (Å²) in [6.45, 7) is 5.16. The molecule has 0 aromatic rings. The molecule has 0 aliphatic carbocycles. The van der Waals surface area contributed by atoms with Gasteiger partial charge in [0, 0.05) is 6.54 Å². The molecule has 0 rings (SSSR count). The van der Waals surface area contributed by atoms with Crippen LogP contribution in [0.4, 0.5) is 0 Å². The number of hydrogen-bond donors (Lipinski definition) is 1. The lowest BCUT2D eigenvalue weighted by atomic mass is 10.4. The molecule has 0 heterocycles. The molecule has 0 bridgehead atoms. The minimum atomic E-state index is 0.0180. The Kier molecular flexibility index (Phi) is 6.38. The van der Waals surface area contributed by atoms with Crippen LogP contribution in [0.15, 0.2) is 12.7 Å². The van der Waals surface area contributed by atoms with Crippen LogP contribution >= 0.6 is 0 Å². The molecule has 0 saturated heterocycles. The SMILES string of the molecule is C=CCNCCC[O]. The molecule has 0 aromatic heterocycles. The summed E-state index contributed by atoms with van der Waals surface area (Å²) in [5.41, 5.74) is 0. The van der Waals surface area contributed by atoms with Crippen molar-refractivity contribution in [2.75, 3.05) is 19.7 Å². The van der Waals surface area contributed by atoms with Gasteiger partial charge in [-0.2, -0.15) is 0 Å². The van der Waals surface area contributed by atoms with Gasteiger partial charge in [-0.15, -0.1) is 6.58 Å². The van der Waals surface area contributed by atoms with Crippen LogP contribution in [0.1, 0.15) is 6.42 Å². The van der Waals surface area contributed by atoms with E-state index in [4.69, 9.17) is 0 Å². The zero-order chi connectivity index (χ0) is 6.24. The molecular weight excluding hydrogens is 102 g/mol. The second kappa shape index (κ2) is 6.66. The summed E-state index contributed by atoms with van der Waals surface area (Å²) in [5.74, 6) is 0. The van der Waals surface area contributed by atoms with Gasteiger partial charge in [0.1, 0.15) is 0 Å². The zero-order valence-electron chi connectivity index (χ0n) is 5.02. The normalized spacial score (nSPS) is 9.12. The Morgan fingerprint density at radius 2 is 2.38 bits per heavy atom. The van der Waals surface area contributed by atoms with Crippen molar-refractivity contribution in [3.63, 3.8) is 0 Å². The van der Waals surface area contributed by atoms with Crippen molar-refractivity contribution < 1.29 is 5.11 Å². The maximum Gasteiger partial charge on any atom is 0.0834 e. The third kappa shape index (κ3) is 5.66. The van der Waals surface area contributed by atoms with Gasteiger partial charge in [0.15, 0.2) is 0 Å². The van der Waals surface area contributed by atoms with Crippen molar-refractivity contribution >= 4 is 0 Å². The lowest BCUT2D eigenvalue weighted by Gasteiger charge is -1.94. The molecule has 0 aliphatic rings. The van der Waals surface area contributed by atoms with Crippen LogP contribution in [0.2, 0.25) is 0 Å². The monoisotopic (exact) mass is 114 g/mol. The van der Waals surface area contributed by atoms with Crippen molar-refractivity contribution in [2.45, 2.75) is 6.42 Å². The van der Waals surface area contributed by atoms with Crippen molar-refractivity contribution in [3.05, 3.63) is 12.7 Å². The van der Waals surface area contributed by atoms with E-state index >= 15 is 0 Å². The second-order valence-electron chi connectivity index (χ2n) is 1.55. The van der Waals surface area contributed by atoms with Gasteiger partial charge >= 0.3 is 0 Å². The third-order valence-corrected chi connectivity index (χ3v) is 0.787. The van der Waals surface area contributed by atoms with Crippen LogP contribution in [0.3, 0.4) is 0 Å². The van der Waals surface area contributed by atoms with Crippen LogP contribution in [0.5, 0.6) is 0 Å². The molecular formula is C6H12NO. The third-order valence-electron chi connectivity index (χ3n) is 0.787. The fourth-order valence-electron chi connectivity index (χ4n) is 0.401. The molecule has 0 saturated carbocycles. The van der Waals surface area contributed by atoms with Crippen LogP contribution in [0.25, 0.3) is 0 Å². The molecule has 0 amide bonds. The number of hydrogen-bond acceptors (Lipinski definition) is 1. The first-order valence-corrected chi connectivity index (χ1v) is 2.81. The maximum absolute atomic E-state index is 9.83. The summed E-state index contributed by atoms with van der Waals surface area (Å²) in [6, 6.07) is 0. The number of rotatable bonds is 5. The van der Waals surface area contributed by atoms with Gasteiger partial charge in [-0.25, -0.2) is 5.11 Å². The highest BCUT2D eigenvalue weighted by Crippen LogP contribution is 1.70. The molecule has 0 aromatic carbocycles. The second-order valence-corrected chi connectivity index (χ2v) is 1.55. The Morgan fingerprint density at radius 3 is 2.88 bits per heavy atom. The summed E-state index contributed by atoms with van der Waals surface area (Å²) < 4.78 is 0. The van der Waals surface area contributed by atoms with E-state index in [0.29, 0.717) is 6.42 Å². The molecule has 47 valence electrons. The molecule has 0 fully saturated rings. The summed E-state index contributed by atoms with van der Waals surface area (Å²) in [6.07, 6.45) is 2.50. The summed E-state index contributed by atoms with van der Waals surface area (Å²) in [5, 5.41) is 12.8. The quantitative estimate of drug-likeness (QED) is 0.411. The Balaban J connectivity index is 2.62. The van der Waals surface area contributed by atoms with Crippen LogP contribution in [-0.2, 0) is 5.11 Å². The van der Waals surface area contributed by atoms with E-state index in [0.717, 1.165) is 13.1 Å². The Hall–Kier alpha value is -0.340. The van der Waals surface area contributed by atoms with Crippen LogP contribution < -0.4 is 5.32 Å². The Morgan fingerprint density at radius 1 is 1.62 bits per heavy atom. The van der Waals surface area contributed by atoms with Gasteiger partial charge in [-0.05, 0) is 13.0 Å². The largest absolute Gasteiger partial charge is 0.313 e. The first kappa shape index (κ1) is 7.66. The average molecular weight is 114 g/mol. The van der Waals surface area contributed by atoms with Gasteiger partial charge in [-0.1, -0.05) is 6.08 Å². The highest BCUT2D eigenvalue weighted by molar-refractivity contribution is 4.68. The number of nitrogens with one attached hydrogen (secondary N) is 1. The lowest BCUT2D eigenvalue weighted by Crippen LogP contribution is -2.15. The minimum Gasteiger partial charge on any atom is -0.313 e.